The minimum Gasteiger partial charge on any atom is -0.454 e. The number of hydrogen-bond donors (Lipinski definition) is 0. The third-order valence-electron chi connectivity index (χ3n) is 15.0. The standard InChI is InChI=1S/C61H59N3O/c1-34-16-14-18-43(24-34)62(47-26-36(3)40(7)37(4)27-47)45-20-22-49-53(32-45)61(12,13)59-55(49)51-30-42(60(9,10)11)31-52-56(51)64(59)57-50-23-21-46(33-54(50)65-58(52)57)63(44-19-15-17-35(2)25-44)48-28-38(5)41(8)39(6)29-48/h14-33H,1-13H3. The zero-order chi connectivity index (χ0) is 45.6. The van der Waals surface area contributed by atoms with Gasteiger partial charge in [-0.2, -0.15) is 0 Å². The smallest absolute Gasteiger partial charge is 0.161 e. The van der Waals surface area contributed by atoms with Crippen LogP contribution in [0.15, 0.2) is 126 Å². The fourth-order valence-corrected chi connectivity index (χ4v) is 11.0. The first kappa shape index (κ1) is 41.0. The first-order chi connectivity index (χ1) is 30.9. The lowest BCUT2D eigenvalue weighted by Crippen LogP contribution is -2.19. The second-order valence-corrected chi connectivity index (χ2v) is 20.8. The van der Waals surface area contributed by atoms with Crippen molar-refractivity contribution in [3.8, 4) is 11.1 Å². The van der Waals surface area contributed by atoms with Crippen molar-refractivity contribution >= 4 is 72.5 Å². The molecule has 0 fully saturated rings. The number of fused-ring (bicyclic) bond motifs is 10. The number of anilines is 6. The monoisotopic (exact) mass is 849 g/mol. The van der Waals surface area contributed by atoms with Crippen LogP contribution in [0.3, 0.4) is 0 Å². The summed E-state index contributed by atoms with van der Waals surface area (Å²) in [7, 11) is 0. The first-order valence-corrected chi connectivity index (χ1v) is 23.3. The van der Waals surface area contributed by atoms with Gasteiger partial charge in [-0.05, 0) is 207 Å². The molecule has 11 rings (SSSR count). The number of rotatable bonds is 6. The molecule has 65 heavy (non-hydrogen) atoms. The van der Waals surface area contributed by atoms with Crippen LogP contribution in [0.4, 0.5) is 34.1 Å². The number of aromatic nitrogens is 1. The summed E-state index contributed by atoms with van der Waals surface area (Å²) >= 11 is 0. The van der Waals surface area contributed by atoms with Gasteiger partial charge in [0.05, 0.1) is 5.52 Å². The highest BCUT2D eigenvalue weighted by atomic mass is 16.3. The van der Waals surface area contributed by atoms with E-state index in [-0.39, 0.29) is 10.8 Å². The van der Waals surface area contributed by atoms with Crippen molar-refractivity contribution in [1.82, 2.24) is 4.40 Å². The van der Waals surface area contributed by atoms with Crippen LogP contribution in [-0.4, -0.2) is 4.40 Å². The average Bonchev–Trinajstić information content (AvgIpc) is 3.95. The molecule has 0 unspecified atom stereocenters. The number of benzene rings is 7. The highest BCUT2D eigenvalue weighted by molar-refractivity contribution is 6.23. The Hall–Kier alpha value is -6.78. The van der Waals surface area contributed by atoms with Gasteiger partial charge in [0.15, 0.2) is 5.58 Å². The van der Waals surface area contributed by atoms with Crippen molar-refractivity contribution in [3.05, 3.63) is 183 Å². The van der Waals surface area contributed by atoms with Crippen molar-refractivity contribution in [2.24, 2.45) is 0 Å². The van der Waals surface area contributed by atoms with E-state index in [0.29, 0.717) is 0 Å². The minimum atomic E-state index is -0.329. The summed E-state index contributed by atoms with van der Waals surface area (Å²) in [6.45, 7) is 29.5. The van der Waals surface area contributed by atoms with E-state index in [1.807, 2.05) is 0 Å². The molecular weight excluding hydrogens is 791 g/mol. The van der Waals surface area contributed by atoms with Crippen LogP contribution >= 0.6 is 0 Å². The molecule has 0 spiro atoms. The molecule has 4 heteroatoms. The van der Waals surface area contributed by atoms with E-state index in [1.54, 1.807) is 0 Å². The van der Waals surface area contributed by atoms with Crippen LogP contribution in [-0.2, 0) is 10.8 Å². The van der Waals surface area contributed by atoms with E-state index in [4.69, 9.17) is 4.42 Å². The predicted molar refractivity (Wildman–Crippen MR) is 277 cm³/mol. The third-order valence-corrected chi connectivity index (χ3v) is 15.0. The fourth-order valence-electron chi connectivity index (χ4n) is 11.0. The lowest BCUT2D eigenvalue weighted by Gasteiger charge is -2.29. The largest absolute Gasteiger partial charge is 0.454 e. The normalized spacial score (nSPS) is 13.4. The summed E-state index contributed by atoms with van der Waals surface area (Å²) in [6.07, 6.45) is 0. The lowest BCUT2D eigenvalue weighted by molar-refractivity contribution is 0.591. The Kier molecular flexibility index (Phi) is 8.89. The molecule has 4 nitrogen and oxygen atoms in total. The van der Waals surface area contributed by atoms with E-state index in [0.717, 1.165) is 50.5 Å². The van der Waals surface area contributed by atoms with Gasteiger partial charge in [-0.25, -0.2) is 0 Å². The summed E-state index contributed by atoms with van der Waals surface area (Å²) in [6, 6.07) is 46.0. The van der Waals surface area contributed by atoms with Gasteiger partial charge in [-0.15, -0.1) is 0 Å². The SMILES string of the molecule is Cc1cccc(N(c2cc(C)c(C)c(C)c2)c2ccc3c(c2)C(C)(C)c2c-3c3cc(C(C)(C)C)cc4c5oc6cc(N(c7cccc(C)c7)c7cc(C)c(C)c(C)c7)ccc6c5n2c34)c1. The topological polar surface area (TPSA) is 24.0 Å². The van der Waals surface area contributed by atoms with Crippen molar-refractivity contribution in [2.75, 3.05) is 9.80 Å². The number of furan rings is 1. The van der Waals surface area contributed by atoms with Gasteiger partial charge in [0.1, 0.15) is 11.1 Å². The van der Waals surface area contributed by atoms with Crippen LogP contribution in [0, 0.1) is 55.4 Å². The molecule has 10 aromatic rings. The van der Waals surface area contributed by atoms with Crippen LogP contribution in [0.5, 0.6) is 0 Å². The molecule has 0 bridgehead atoms. The summed E-state index contributed by atoms with van der Waals surface area (Å²) in [5.41, 5.74) is 27.6. The molecule has 1 aliphatic carbocycles. The molecule has 0 saturated carbocycles. The molecule has 0 N–H and O–H groups in total. The Bertz CT molecular complexity index is 3560. The van der Waals surface area contributed by atoms with Crippen LogP contribution in [0.25, 0.3) is 49.5 Å². The third kappa shape index (κ3) is 6.09. The molecule has 324 valence electrons. The van der Waals surface area contributed by atoms with E-state index in [2.05, 4.69) is 226 Å². The molecule has 0 atom stereocenters. The Balaban J connectivity index is 1.15. The van der Waals surface area contributed by atoms with Crippen LogP contribution in [0.1, 0.15) is 95.9 Å². The maximum absolute atomic E-state index is 7.20. The van der Waals surface area contributed by atoms with Crippen molar-refractivity contribution < 1.29 is 4.42 Å². The van der Waals surface area contributed by atoms with Gasteiger partial charge in [0.25, 0.3) is 0 Å². The Morgan fingerprint density at radius 1 is 0.492 bits per heavy atom. The Morgan fingerprint density at radius 2 is 1.00 bits per heavy atom. The minimum absolute atomic E-state index is 0.0698. The molecule has 7 aromatic carbocycles. The molecule has 3 aromatic heterocycles. The number of nitrogens with zero attached hydrogens (tertiary/aromatic N) is 3. The summed E-state index contributed by atoms with van der Waals surface area (Å²) in [5, 5.41) is 3.61. The second kappa shape index (κ2) is 14.1. The zero-order valence-corrected chi connectivity index (χ0v) is 40.3. The van der Waals surface area contributed by atoms with Gasteiger partial charge in [0, 0.05) is 73.0 Å². The predicted octanol–water partition coefficient (Wildman–Crippen LogP) is 17.4. The van der Waals surface area contributed by atoms with E-state index in [1.165, 1.54) is 94.4 Å². The number of aryl methyl sites for hydroxylation is 6. The van der Waals surface area contributed by atoms with Crippen LogP contribution < -0.4 is 9.80 Å². The molecule has 1 aliphatic rings. The van der Waals surface area contributed by atoms with Gasteiger partial charge in [-0.1, -0.05) is 65.0 Å². The summed E-state index contributed by atoms with van der Waals surface area (Å²) in [4.78, 5) is 4.83. The van der Waals surface area contributed by atoms with Crippen molar-refractivity contribution in [3.63, 3.8) is 0 Å². The quantitative estimate of drug-likeness (QED) is 0.167. The zero-order valence-electron chi connectivity index (χ0n) is 40.3. The number of hydrogen-bond acceptors (Lipinski definition) is 3. The molecular formula is C61H59N3O. The highest BCUT2D eigenvalue weighted by Gasteiger charge is 2.43. The molecule has 0 amide bonds. The van der Waals surface area contributed by atoms with E-state index in [9.17, 15) is 0 Å². The van der Waals surface area contributed by atoms with Gasteiger partial charge in [-0.3, -0.25) is 0 Å². The lowest BCUT2D eigenvalue weighted by atomic mass is 9.85. The van der Waals surface area contributed by atoms with E-state index >= 15 is 0 Å². The van der Waals surface area contributed by atoms with Gasteiger partial charge < -0.3 is 18.6 Å². The Labute approximate surface area is 384 Å². The highest BCUT2D eigenvalue weighted by Crippen LogP contribution is 2.57. The molecule has 3 heterocycles. The van der Waals surface area contributed by atoms with Crippen LogP contribution in [0.2, 0.25) is 0 Å². The molecule has 0 aliphatic heterocycles. The summed E-state index contributed by atoms with van der Waals surface area (Å²) < 4.78 is 9.79. The maximum Gasteiger partial charge on any atom is 0.161 e. The average molecular weight is 850 g/mol. The first-order valence-electron chi connectivity index (χ1n) is 23.3. The van der Waals surface area contributed by atoms with Gasteiger partial charge in [0.2, 0.25) is 0 Å². The molecule has 0 saturated heterocycles. The van der Waals surface area contributed by atoms with Crippen molar-refractivity contribution in [2.45, 2.75) is 101 Å². The second-order valence-electron chi connectivity index (χ2n) is 20.8. The maximum atomic E-state index is 7.20. The van der Waals surface area contributed by atoms with Crippen molar-refractivity contribution in [1.29, 1.82) is 0 Å². The Morgan fingerprint density at radius 3 is 1.54 bits per heavy atom. The summed E-state index contributed by atoms with van der Waals surface area (Å²) in [5.74, 6) is 0. The van der Waals surface area contributed by atoms with E-state index < -0.39 is 0 Å². The van der Waals surface area contributed by atoms with Gasteiger partial charge >= 0.3 is 0 Å². The molecule has 0 radical (unpaired) electrons. The fraction of sp³-hybridized carbons (Fsp3) is 0.246.